The molecule has 3 aromatic rings. The first-order chi connectivity index (χ1) is 11.4. The molecular formula is C18H21N5O. The van der Waals surface area contributed by atoms with Crippen molar-refractivity contribution in [2.24, 2.45) is 0 Å². The fourth-order valence-electron chi connectivity index (χ4n) is 2.48. The third kappa shape index (κ3) is 3.71. The second-order valence-corrected chi connectivity index (χ2v) is 6.71. The Morgan fingerprint density at radius 3 is 2.62 bits per heavy atom. The number of carbonyl (C=O) groups excluding carboxylic acids is 1. The molecule has 0 aliphatic heterocycles. The highest BCUT2D eigenvalue weighted by Crippen LogP contribution is 2.20. The van der Waals surface area contributed by atoms with Crippen molar-refractivity contribution in [3.05, 3.63) is 55.2 Å². The van der Waals surface area contributed by atoms with E-state index in [1.54, 1.807) is 18.7 Å². The van der Waals surface area contributed by atoms with Gasteiger partial charge in [0.1, 0.15) is 6.54 Å². The second-order valence-electron chi connectivity index (χ2n) is 6.71. The molecule has 2 heterocycles. The first kappa shape index (κ1) is 16.0. The molecule has 6 heteroatoms. The van der Waals surface area contributed by atoms with E-state index in [4.69, 9.17) is 0 Å². The van der Waals surface area contributed by atoms with E-state index in [-0.39, 0.29) is 18.0 Å². The van der Waals surface area contributed by atoms with Crippen LogP contribution >= 0.6 is 0 Å². The fourth-order valence-corrected chi connectivity index (χ4v) is 2.48. The molecule has 0 fully saturated rings. The maximum Gasteiger partial charge on any atom is 0.240 e. The highest BCUT2D eigenvalue weighted by Gasteiger charge is 2.16. The molecule has 1 N–H and O–H groups in total. The van der Waals surface area contributed by atoms with Crippen LogP contribution in [-0.4, -0.2) is 30.8 Å². The van der Waals surface area contributed by atoms with E-state index in [2.05, 4.69) is 15.4 Å². The molecule has 0 spiro atoms. The van der Waals surface area contributed by atoms with Gasteiger partial charge >= 0.3 is 0 Å². The Bertz CT molecular complexity index is 826. The van der Waals surface area contributed by atoms with Crippen LogP contribution in [0, 0.1) is 0 Å². The normalized spacial score (nSPS) is 11.5. The minimum atomic E-state index is -0.254. The standard InChI is InChI=1S/C18H21N5O/c1-18(2,3)21-17(24)12-22-13-19-10-16(22)14-9-20-23(11-14)15-7-5-4-6-8-15/h4-11,13H,12H2,1-3H3,(H,21,24). The molecule has 24 heavy (non-hydrogen) atoms. The Morgan fingerprint density at radius 1 is 1.17 bits per heavy atom. The second kappa shape index (κ2) is 6.31. The van der Waals surface area contributed by atoms with Crippen LogP contribution in [0.1, 0.15) is 20.8 Å². The van der Waals surface area contributed by atoms with Crippen molar-refractivity contribution in [2.45, 2.75) is 32.9 Å². The summed E-state index contributed by atoms with van der Waals surface area (Å²) in [6.07, 6.45) is 7.13. The van der Waals surface area contributed by atoms with Crippen molar-refractivity contribution in [1.29, 1.82) is 0 Å². The summed E-state index contributed by atoms with van der Waals surface area (Å²) in [5.74, 6) is -0.0443. The summed E-state index contributed by atoms with van der Waals surface area (Å²) >= 11 is 0. The molecule has 0 saturated heterocycles. The van der Waals surface area contributed by atoms with E-state index in [1.807, 2.05) is 66.5 Å². The van der Waals surface area contributed by atoms with Crippen molar-refractivity contribution in [3.8, 4) is 16.9 Å². The van der Waals surface area contributed by atoms with Crippen LogP contribution in [0.25, 0.3) is 16.9 Å². The van der Waals surface area contributed by atoms with Crippen LogP contribution in [-0.2, 0) is 11.3 Å². The van der Waals surface area contributed by atoms with Crippen molar-refractivity contribution in [3.63, 3.8) is 0 Å². The number of benzene rings is 1. The van der Waals surface area contributed by atoms with Gasteiger partial charge in [-0.1, -0.05) is 18.2 Å². The summed E-state index contributed by atoms with van der Waals surface area (Å²) in [4.78, 5) is 16.3. The smallest absolute Gasteiger partial charge is 0.240 e. The Balaban J connectivity index is 1.81. The SMILES string of the molecule is CC(C)(C)NC(=O)Cn1cncc1-c1cnn(-c2ccccc2)c1. The topological polar surface area (TPSA) is 64.7 Å². The third-order valence-electron chi connectivity index (χ3n) is 3.44. The number of hydrogen-bond acceptors (Lipinski definition) is 3. The highest BCUT2D eigenvalue weighted by molar-refractivity contribution is 5.77. The molecule has 6 nitrogen and oxygen atoms in total. The number of nitrogens with zero attached hydrogens (tertiary/aromatic N) is 4. The minimum Gasteiger partial charge on any atom is -0.350 e. The Labute approximate surface area is 141 Å². The van der Waals surface area contributed by atoms with Gasteiger partial charge in [-0.25, -0.2) is 9.67 Å². The van der Waals surface area contributed by atoms with Crippen molar-refractivity contribution >= 4 is 5.91 Å². The van der Waals surface area contributed by atoms with E-state index in [0.717, 1.165) is 16.9 Å². The summed E-state index contributed by atoms with van der Waals surface area (Å²) in [6, 6.07) is 9.89. The Morgan fingerprint density at radius 2 is 1.92 bits per heavy atom. The first-order valence-electron chi connectivity index (χ1n) is 7.84. The lowest BCUT2D eigenvalue weighted by Crippen LogP contribution is -2.42. The fraction of sp³-hybridized carbons (Fsp3) is 0.278. The van der Waals surface area contributed by atoms with E-state index in [9.17, 15) is 4.79 Å². The molecule has 0 aliphatic carbocycles. The molecule has 0 aliphatic rings. The maximum absolute atomic E-state index is 12.2. The summed E-state index contributed by atoms with van der Waals surface area (Å²) < 4.78 is 3.63. The van der Waals surface area contributed by atoms with Crippen LogP contribution in [0.15, 0.2) is 55.2 Å². The lowest BCUT2D eigenvalue weighted by molar-refractivity contribution is -0.123. The number of amides is 1. The van der Waals surface area contributed by atoms with Crippen molar-refractivity contribution in [1.82, 2.24) is 24.6 Å². The quantitative estimate of drug-likeness (QED) is 0.803. The van der Waals surface area contributed by atoms with Crippen molar-refractivity contribution < 1.29 is 4.79 Å². The summed E-state index contributed by atoms with van der Waals surface area (Å²) in [6.45, 7) is 6.11. The van der Waals surface area contributed by atoms with Crippen LogP contribution in [0.3, 0.4) is 0 Å². The molecule has 0 radical (unpaired) electrons. The highest BCUT2D eigenvalue weighted by atomic mass is 16.2. The monoisotopic (exact) mass is 323 g/mol. The Kier molecular flexibility index (Phi) is 4.20. The van der Waals surface area contributed by atoms with Crippen LogP contribution in [0.5, 0.6) is 0 Å². The van der Waals surface area contributed by atoms with E-state index >= 15 is 0 Å². The molecule has 0 bridgehead atoms. The molecule has 0 unspecified atom stereocenters. The van der Waals surface area contributed by atoms with E-state index in [0.29, 0.717) is 0 Å². The first-order valence-corrected chi connectivity index (χ1v) is 7.84. The largest absolute Gasteiger partial charge is 0.350 e. The van der Waals surface area contributed by atoms with E-state index < -0.39 is 0 Å². The predicted octanol–water partition coefficient (Wildman–Crippen LogP) is 2.65. The zero-order valence-electron chi connectivity index (χ0n) is 14.1. The average Bonchev–Trinajstić information content (AvgIpc) is 3.14. The molecule has 1 amide bonds. The number of nitrogens with one attached hydrogen (secondary N) is 1. The van der Waals surface area contributed by atoms with Gasteiger partial charge in [0.15, 0.2) is 0 Å². The average molecular weight is 323 g/mol. The van der Waals surface area contributed by atoms with Gasteiger partial charge in [0.2, 0.25) is 5.91 Å². The summed E-state index contributed by atoms with van der Waals surface area (Å²) in [5, 5.41) is 7.36. The molecule has 0 atom stereocenters. The molecule has 0 saturated carbocycles. The van der Waals surface area contributed by atoms with Gasteiger partial charge in [-0.15, -0.1) is 0 Å². The summed E-state index contributed by atoms with van der Waals surface area (Å²) in [5.41, 5.74) is 2.51. The van der Waals surface area contributed by atoms with Crippen LogP contribution in [0.4, 0.5) is 0 Å². The van der Waals surface area contributed by atoms with E-state index in [1.165, 1.54) is 0 Å². The molecule has 1 aromatic carbocycles. The molecule has 3 rings (SSSR count). The van der Waals surface area contributed by atoms with Crippen LogP contribution in [0.2, 0.25) is 0 Å². The van der Waals surface area contributed by atoms with Gasteiger partial charge < -0.3 is 9.88 Å². The number of imidazole rings is 1. The molecule has 124 valence electrons. The maximum atomic E-state index is 12.2. The van der Waals surface area contributed by atoms with Crippen LogP contribution < -0.4 is 5.32 Å². The number of carbonyl (C=O) groups is 1. The van der Waals surface area contributed by atoms with Gasteiger partial charge in [0, 0.05) is 17.3 Å². The van der Waals surface area contributed by atoms with Gasteiger partial charge in [0.05, 0.1) is 30.1 Å². The zero-order valence-corrected chi connectivity index (χ0v) is 14.1. The third-order valence-corrected chi connectivity index (χ3v) is 3.44. The molecular weight excluding hydrogens is 302 g/mol. The minimum absolute atomic E-state index is 0.0443. The Hall–Kier alpha value is -2.89. The lowest BCUT2D eigenvalue weighted by atomic mass is 10.1. The summed E-state index contributed by atoms with van der Waals surface area (Å²) in [7, 11) is 0. The number of rotatable bonds is 4. The number of aromatic nitrogens is 4. The lowest BCUT2D eigenvalue weighted by Gasteiger charge is -2.20. The van der Waals surface area contributed by atoms with Gasteiger partial charge in [-0.3, -0.25) is 4.79 Å². The zero-order chi connectivity index (χ0) is 17.2. The van der Waals surface area contributed by atoms with Gasteiger partial charge in [0.25, 0.3) is 0 Å². The van der Waals surface area contributed by atoms with Gasteiger partial charge in [-0.2, -0.15) is 5.10 Å². The predicted molar refractivity (Wildman–Crippen MR) is 92.7 cm³/mol. The number of hydrogen-bond donors (Lipinski definition) is 1. The molecule has 2 aromatic heterocycles. The number of para-hydroxylation sites is 1. The van der Waals surface area contributed by atoms with Crippen molar-refractivity contribution in [2.75, 3.05) is 0 Å². The van der Waals surface area contributed by atoms with Gasteiger partial charge in [-0.05, 0) is 32.9 Å².